The first kappa shape index (κ1) is 26.9. The quantitative estimate of drug-likeness (QED) is 0.186. The smallest absolute Gasteiger partial charge is 0.164 e. The van der Waals surface area contributed by atoms with Crippen molar-refractivity contribution < 1.29 is 0 Å². The molecule has 7 aromatic carbocycles. The maximum Gasteiger partial charge on any atom is 0.164 e. The molecule has 212 valence electrons. The van der Waals surface area contributed by atoms with Gasteiger partial charge in [0.15, 0.2) is 17.5 Å². The summed E-state index contributed by atoms with van der Waals surface area (Å²) in [5.41, 5.74) is 7.25. The van der Waals surface area contributed by atoms with Crippen molar-refractivity contribution in [1.82, 2.24) is 15.0 Å². The van der Waals surface area contributed by atoms with E-state index in [2.05, 4.69) is 121 Å². The SMILES string of the molecule is Clc1ccc(-c2nc(-c3ccc(-c4ccccc4)cc3)nc(-c3ccccc3-c3cc4ccccc4c4ccccc34)n2)cc1. The summed E-state index contributed by atoms with van der Waals surface area (Å²) in [6.07, 6.45) is 0. The molecule has 1 aromatic heterocycles. The van der Waals surface area contributed by atoms with Crippen LogP contribution in [0.15, 0.2) is 158 Å². The lowest BCUT2D eigenvalue weighted by Crippen LogP contribution is -2.01. The van der Waals surface area contributed by atoms with Crippen molar-refractivity contribution in [3.63, 3.8) is 0 Å². The predicted molar refractivity (Wildman–Crippen MR) is 187 cm³/mol. The van der Waals surface area contributed by atoms with Gasteiger partial charge in [-0.25, -0.2) is 15.0 Å². The van der Waals surface area contributed by atoms with Gasteiger partial charge >= 0.3 is 0 Å². The number of rotatable bonds is 5. The van der Waals surface area contributed by atoms with Crippen LogP contribution in [0.2, 0.25) is 5.02 Å². The number of halogens is 1. The highest BCUT2D eigenvalue weighted by Crippen LogP contribution is 2.39. The summed E-state index contributed by atoms with van der Waals surface area (Å²) in [7, 11) is 0. The van der Waals surface area contributed by atoms with E-state index in [9.17, 15) is 0 Å². The van der Waals surface area contributed by atoms with Crippen molar-refractivity contribution in [1.29, 1.82) is 0 Å². The van der Waals surface area contributed by atoms with Crippen LogP contribution in [0.25, 0.3) is 78.0 Å². The van der Waals surface area contributed by atoms with E-state index >= 15 is 0 Å². The zero-order valence-corrected chi connectivity index (χ0v) is 25.0. The first-order valence-corrected chi connectivity index (χ1v) is 15.3. The Labute approximate surface area is 266 Å². The van der Waals surface area contributed by atoms with Crippen LogP contribution in [0.4, 0.5) is 0 Å². The van der Waals surface area contributed by atoms with Gasteiger partial charge in [0.2, 0.25) is 0 Å². The molecule has 8 aromatic rings. The highest BCUT2D eigenvalue weighted by Gasteiger charge is 2.18. The molecule has 0 N–H and O–H groups in total. The number of aromatic nitrogens is 3. The van der Waals surface area contributed by atoms with Crippen LogP contribution in [0, 0.1) is 0 Å². The summed E-state index contributed by atoms with van der Waals surface area (Å²) in [6, 6.07) is 54.2. The second kappa shape index (κ2) is 11.5. The number of benzene rings is 7. The molecule has 0 atom stereocenters. The Balaban J connectivity index is 1.33. The fraction of sp³-hybridized carbons (Fsp3) is 0. The number of nitrogens with zero attached hydrogens (tertiary/aromatic N) is 3. The van der Waals surface area contributed by atoms with Gasteiger partial charge in [0.25, 0.3) is 0 Å². The molecule has 0 bridgehead atoms. The minimum absolute atomic E-state index is 0.594. The average Bonchev–Trinajstić information content (AvgIpc) is 3.12. The molecule has 1 heterocycles. The molecule has 8 rings (SSSR count). The molecular weight excluding hydrogens is 570 g/mol. The molecule has 0 unspecified atom stereocenters. The predicted octanol–water partition coefficient (Wildman–Crippen LogP) is 11.2. The van der Waals surface area contributed by atoms with Gasteiger partial charge in [-0.05, 0) is 74.1 Å². The van der Waals surface area contributed by atoms with Crippen molar-refractivity contribution in [2.45, 2.75) is 0 Å². The zero-order valence-electron chi connectivity index (χ0n) is 24.2. The molecule has 0 fully saturated rings. The van der Waals surface area contributed by atoms with Gasteiger partial charge in [0.05, 0.1) is 0 Å². The van der Waals surface area contributed by atoms with E-state index < -0.39 is 0 Å². The minimum Gasteiger partial charge on any atom is -0.208 e. The summed E-state index contributed by atoms with van der Waals surface area (Å²) in [5, 5.41) is 5.50. The van der Waals surface area contributed by atoms with E-state index in [0.29, 0.717) is 22.5 Å². The Morgan fingerprint density at radius 2 is 0.822 bits per heavy atom. The van der Waals surface area contributed by atoms with Crippen LogP contribution < -0.4 is 0 Å². The van der Waals surface area contributed by atoms with Crippen LogP contribution in [0.3, 0.4) is 0 Å². The van der Waals surface area contributed by atoms with Crippen molar-refractivity contribution >= 4 is 33.1 Å². The van der Waals surface area contributed by atoms with Gasteiger partial charge in [-0.3, -0.25) is 0 Å². The maximum atomic E-state index is 6.24. The van der Waals surface area contributed by atoms with Crippen LogP contribution in [0.1, 0.15) is 0 Å². The second-order valence-electron chi connectivity index (χ2n) is 11.0. The lowest BCUT2D eigenvalue weighted by atomic mass is 9.91. The largest absolute Gasteiger partial charge is 0.208 e. The molecule has 4 heteroatoms. The maximum absolute atomic E-state index is 6.24. The topological polar surface area (TPSA) is 38.7 Å². The fourth-order valence-electron chi connectivity index (χ4n) is 5.99. The molecular formula is C41H26ClN3. The molecule has 0 radical (unpaired) electrons. The molecule has 0 aliphatic rings. The van der Waals surface area contributed by atoms with Gasteiger partial charge in [-0.2, -0.15) is 0 Å². The standard InChI is InChI=1S/C41H26ClN3/c42-32-24-22-30(23-25-32)40-43-39(29-20-18-28(19-21-29)27-10-2-1-3-11-27)44-41(45-40)37-17-9-8-16-36(37)38-26-31-12-4-5-13-33(31)34-14-6-7-15-35(34)38/h1-26H. The Morgan fingerprint density at radius 1 is 0.333 bits per heavy atom. The first-order chi connectivity index (χ1) is 22.2. The lowest BCUT2D eigenvalue weighted by molar-refractivity contribution is 1.07. The normalized spacial score (nSPS) is 11.2. The van der Waals surface area contributed by atoms with E-state index in [0.717, 1.165) is 33.4 Å². The summed E-state index contributed by atoms with van der Waals surface area (Å²) in [6.45, 7) is 0. The molecule has 0 spiro atoms. The highest BCUT2D eigenvalue weighted by atomic mass is 35.5. The van der Waals surface area contributed by atoms with E-state index in [4.69, 9.17) is 26.6 Å². The Morgan fingerprint density at radius 3 is 1.53 bits per heavy atom. The zero-order chi connectivity index (χ0) is 30.2. The third-order valence-corrected chi connectivity index (χ3v) is 8.47. The number of hydrogen-bond donors (Lipinski definition) is 0. The van der Waals surface area contributed by atoms with E-state index in [1.165, 1.54) is 27.1 Å². The highest BCUT2D eigenvalue weighted by molar-refractivity contribution is 6.30. The van der Waals surface area contributed by atoms with Gasteiger partial charge in [0, 0.05) is 21.7 Å². The van der Waals surface area contributed by atoms with Gasteiger partial charge in [-0.15, -0.1) is 0 Å². The van der Waals surface area contributed by atoms with Crippen molar-refractivity contribution in [3.05, 3.63) is 163 Å². The molecule has 0 aliphatic carbocycles. The van der Waals surface area contributed by atoms with E-state index in [1.807, 2.05) is 36.4 Å². The second-order valence-corrected chi connectivity index (χ2v) is 11.4. The van der Waals surface area contributed by atoms with Crippen LogP contribution in [-0.2, 0) is 0 Å². The fourth-order valence-corrected chi connectivity index (χ4v) is 6.11. The number of hydrogen-bond acceptors (Lipinski definition) is 3. The Kier molecular flexibility index (Phi) is 6.86. The molecule has 0 saturated carbocycles. The minimum atomic E-state index is 0.594. The molecule has 45 heavy (non-hydrogen) atoms. The number of fused-ring (bicyclic) bond motifs is 3. The summed E-state index contributed by atoms with van der Waals surface area (Å²) in [4.78, 5) is 15.1. The van der Waals surface area contributed by atoms with Gasteiger partial charge in [0.1, 0.15) is 0 Å². The van der Waals surface area contributed by atoms with Crippen LogP contribution in [-0.4, -0.2) is 15.0 Å². The summed E-state index contributed by atoms with van der Waals surface area (Å²) >= 11 is 6.24. The summed E-state index contributed by atoms with van der Waals surface area (Å²) < 4.78 is 0. The third kappa shape index (κ3) is 5.14. The van der Waals surface area contributed by atoms with Gasteiger partial charge < -0.3 is 0 Å². The third-order valence-electron chi connectivity index (χ3n) is 8.21. The van der Waals surface area contributed by atoms with Crippen molar-refractivity contribution in [2.75, 3.05) is 0 Å². The Hall–Kier alpha value is -5.64. The monoisotopic (exact) mass is 595 g/mol. The Bertz CT molecular complexity index is 2310. The van der Waals surface area contributed by atoms with Gasteiger partial charge in [-0.1, -0.05) is 139 Å². The molecule has 0 aliphatic heterocycles. The molecule has 0 amide bonds. The van der Waals surface area contributed by atoms with E-state index in [1.54, 1.807) is 0 Å². The first-order valence-electron chi connectivity index (χ1n) is 14.9. The average molecular weight is 596 g/mol. The van der Waals surface area contributed by atoms with E-state index in [-0.39, 0.29) is 0 Å². The van der Waals surface area contributed by atoms with Crippen molar-refractivity contribution in [3.8, 4) is 56.4 Å². The van der Waals surface area contributed by atoms with Crippen molar-refractivity contribution in [2.24, 2.45) is 0 Å². The lowest BCUT2D eigenvalue weighted by Gasteiger charge is -2.15. The van der Waals surface area contributed by atoms with Crippen LogP contribution in [0.5, 0.6) is 0 Å². The molecule has 3 nitrogen and oxygen atoms in total. The molecule has 0 saturated heterocycles. The van der Waals surface area contributed by atoms with Crippen LogP contribution >= 0.6 is 11.6 Å². The summed E-state index contributed by atoms with van der Waals surface area (Å²) in [5.74, 6) is 1.82.